The first-order chi connectivity index (χ1) is 8.47. The van der Waals surface area contributed by atoms with E-state index in [0.29, 0.717) is 5.92 Å². The number of hydrogen-bond acceptors (Lipinski definition) is 3. The number of hydrogen-bond donors (Lipinski definition) is 1. The van der Waals surface area contributed by atoms with Crippen LogP contribution in [0.1, 0.15) is 45.4 Å². The SMILES string of the molecule is CNCCCCS(=O)(=O)N(C)C1CCCC(C)C1. The van der Waals surface area contributed by atoms with Crippen molar-refractivity contribution in [2.24, 2.45) is 5.92 Å². The van der Waals surface area contributed by atoms with Gasteiger partial charge in [0, 0.05) is 13.1 Å². The summed E-state index contributed by atoms with van der Waals surface area (Å²) < 4.78 is 26.1. The molecule has 2 atom stereocenters. The van der Waals surface area contributed by atoms with Gasteiger partial charge in [0.05, 0.1) is 5.75 Å². The van der Waals surface area contributed by atoms with Crippen molar-refractivity contribution in [3.05, 3.63) is 0 Å². The highest BCUT2D eigenvalue weighted by Gasteiger charge is 2.29. The molecule has 0 amide bonds. The van der Waals surface area contributed by atoms with Crippen molar-refractivity contribution < 1.29 is 8.42 Å². The lowest BCUT2D eigenvalue weighted by Crippen LogP contribution is -2.41. The zero-order chi connectivity index (χ0) is 13.6. The summed E-state index contributed by atoms with van der Waals surface area (Å²) in [6.45, 7) is 3.11. The van der Waals surface area contributed by atoms with Gasteiger partial charge in [-0.2, -0.15) is 0 Å². The maximum Gasteiger partial charge on any atom is 0.214 e. The lowest BCUT2D eigenvalue weighted by atomic mass is 9.87. The largest absolute Gasteiger partial charge is 0.320 e. The van der Waals surface area contributed by atoms with Gasteiger partial charge in [-0.15, -0.1) is 0 Å². The molecule has 0 aromatic carbocycles. The van der Waals surface area contributed by atoms with E-state index in [2.05, 4.69) is 12.2 Å². The third kappa shape index (κ3) is 4.86. The van der Waals surface area contributed by atoms with Crippen LogP contribution in [0.25, 0.3) is 0 Å². The van der Waals surface area contributed by atoms with Crippen molar-refractivity contribution in [3.8, 4) is 0 Å². The van der Waals surface area contributed by atoms with Crippen molar-refractivity contribution in [1.82, 2.24) is 9.62 Å². The fraction of sp³-hybridized carbons (Fsp3) is 1.00. The minimum absolute atomic E-state index is 0.225. The second-order valence-electron chi connectivity index (χ2n) is 5.57. The molecule has 1 aliphatic rings. The Bertz CT molecular complexity index is 330. The maximum atomic E-state index is 12.2. The van der Waals surface area contributed by atoms with Crippen LogP contribution in [-0.4, -0.2) is 45.2 Å². The van der Waals surface area contributed by atoms with E-state index in [9.17, 15) is 8.42 Å². The number of nitrogens with zero attached hydrogens (tertiary/aromatic N) is 1. The van der Waals surface area contributed by atoms with E-state index in [-0.39, 0.29) is 11.8 Å². The predicted molar refractivity (Wildman–Crippen MR) is 76.1 cm³/mol. The van der Waals surface area contributed by atoms with Gasteiger partial charge in [-0.05, 0) is 45.2 Å². The van der Waals surface area contributed by atoms with Gasteiger partial charge >= 0.3 is 0 Å². The van der Waals surface area contributed by atoms with Crippen molar-refractivity contribution in [1.29, 1.82) is 0 Å². The predicted octanol–water partition coefficient (Wildman–Crippen LogP) is 1.83. The molecular formula is C13H28N2O2S. The first-order valence-electron chi connectivity index (χ1n) is 7.07. The summed E-state index contributed by atoms with van der Waals surface area (Å²) in [5.41, 5.74) is 0. The van der Waals surface area contributed by atoms with Gasteiger partial charge in [-0.1, -0.05) is 19.8 Å². The van der Waals surface area contributed by atoms with E-state index in [0.717, 1.165) is 38.6 Å². The summed E-state index contributed by atoms with van der Waals surface area (Å²) in [4.78, 5) is 0. The van der Waals surface area contributed by atoms with Crippen molar-refractivity contribution in [3.63, 3.8) is 0 Å². The summed E-state index contributed by atoms with van der Waals surface area (Å²) in [5, 5.41) is 3.04. The number of nitrogens with one attached hydrogen (secondary N) is 1. The second-order valence-corrected chi connectivity index (χ2v) is 7.72. The van der Waals surface area contributed by atoms with Crippen molar-refractivity contribution in [2.45, 2.75) is 51.5 Å². The highest BCUT2D eigenvalue weighted by Crippen LogP contribution is 2.28. The third-order valence-corrected chi connectivity index (χ3v) is 5.92. The standard InChI is InChI=1S/C13H28N2O2S/c1-12-7-6-8-13(11-12)15(3)18(16,17)10-5-4-9-14-2/h12-14H,4-11H2,1-3H3. The van der Waals surface area contributed by atoms with Gasteiger partial charge in [0.15, 0.2) is 0 Å². The van der Waals surface area contributed by atoms with Crippen molar-refractivity contribution >= 4 is 10.0 Å². The Balaban J connectivity index is 2.45. The second kappa shape index (κ2) is 7.46. The van der Waals surface area contributed by atoms with Gasteiger partial charge in [-0.25, -0.2) is 12.7 Å². The summed E-state index contributed by atoms with van der Waals surface area (Å²) in [5.74, 6) is 0.946. The zero-order valence-corrected chi connectivity index (χ0v) is 12.8. The van der Waals surface area contributed by atoms with Gasteiger partial charge in [-0.3, -0.25) is 0 Å². The average molecular weight is 276 g/mol. The molecule has 0 aliphatic heterocycles. The van der Waals surface area contributed by atoms with Crippen LogP contribution < -0.4 is 5.32 Å². The highest BCUT2D eigenvalue weighted by molar-refractivity contribution is 7.89. The van der Waals surface area contributed by atoms with E-state index >= 15 is 0 Å². The first-order valence-corrected chi connectivity index (χ1v) is 8.68. The Kier molecular flexibility index (Phi) is 6.60. The van der Waals surface area contributed by atoms with E-state index < -0.39 is 10.0 Å². The fourth-order valence-electron chi connectivity index (χ4n) is 2.69. The molecule has 0 spiro atoms. The molecule has 0 aromatic heterocycles. The molecule has 1 saturated carbocycles. The Labute approximate surface area is 112 Å². The highest BCUT2D eigenvalue weighted by atomic mass is 32.2. The van der Waals surface area contributed by atoms with Gasteiger partial charge in [0.25, 0.3) is 0 Å². The maximum absolute atomic E-state index is 12.2. The van der Waals surface area contributed by atoms with Crippen LogP contribution in [0.15, 0.2) is 0 Å². The summed E-state index contributed by atoms with van der Waals surface area (Å²) in [6, 6.07) is 0.225. The summed E-state index contributed by atoms with van der Waals surface area (Å²) >= 11 is 0. The smallest absolute Gasteiger partial charge is 0.214 e. The summed E-state index contributed by atoms with van der Waals surface area (Å²) in [7, 11) is 0.595. The molecule has 5 heteroatoms. The van der Waals surface area contributed by atoms with Crippen LogP contribution in [0.4, 0.5) is 0 Å². The molecule has 1 fully saturated rings. The van der Waals surface area contributed by atoms with Crippen LogP contribution >= 0.6 is 0 Å². The average Bonchev–Trinajstić information content (AvgIpc) is 2.34. The quantitative estimate of drug-likeness (QED) is 0.722. The fourth-order valence-corrected chi connectivity index (χ4v) is 4.19. The molecule has 0 saturated heterocycles. The lowest BCUT2D eigenvalue weighted by Gasteiger charge is -2.33. The van der Waals surface area contributed by atoms with Crippen LogP contribution in [0.2, 0.25) is 0 Å². The van der Waals surface area contributed by atoms with Gasteiger partial charge < -0.3 is 5.32 Å². The number of rotatable bonds is 7. The minimum Gasteiger partial charge on any atom is -0.320 e. The number of unbranched alkanes of at least 4 members (excludes halogenated alkanes) is 1. The van der Waals surface area contributed by atoms with Crippen LogP contribution in [0.5, 0.6) is 0 Å². The topological polar surface area (TPSA) is 49.4 Å². The third-order valence-electron chi connectivity index (χ3n) is 3.94. The first kappa shape index (κ1) is 15.9. The van der Waals surface area contributed by atoms with Crippen molar-refractivity contribution in [2.75, 3.05) is 26.4 Å². The van der Waals surface area contributed by atoms with Gasteiger partial charge in [0.2, 0.25) is 10.0 Å². The molecule has 0 aromatic rings. The zero-order valence-electron chi connectivity index (χ0n) is 12.0. The molecule has 1 aliphatic carbocycles. The van der Waals surface area contributed by atoms with Crippen LogP contribution in [-0.2, 0) is 10.0 Å². The van der Waals surface area contributed by atoms with E-state index in [1.165, 1.54) is 6.42 Å². The minimum atomic E-state index is -3.06. The molecule has 0 heterocycles. The normalized spacial score (nSPS) is 25.6. The Morgan fingerprint density at radius 2 is 2.00 bits per heavy atom. The van der Waals surface area contributed by atoms with E-state index in [4.69, 9.17) is 0 Å². The molecule has 4 nitrogen and oxygen atoms in total. The summed E-state index contributed by atoms with van der Waals surface area (Å²) in [6.07, 6.45) is 6.11. The molecule has 0 radical (unpaired) electrons. The molecule has 1 rings (SSSR count). The molecule has 2 unspecified atom stereocenters. The molecule has 0 bridgehead atoms. The molecule has 18 heavy (non-hydrogen) atoms. The Hall–Kier alpha value is -0.130. The van der Waals surface area contributed by atoms with Crippen LogP contribution in [0, 0.1) is 5.92 Å². The van der Waals surface area contributed by atoms with Crippen LogP contribution in [0.3, 0.4) is 0 Å². The lowest BCUT2D eigenvalue weighted by molar-refractivity contribution is 0.239. The van der Waals surface area contributed by atoms with E-state index in [1.54, 1.807) is 11.4 Å². The molecular weight excluding hydrogens is 248 g/mol. The molecule has 1 N–H and O–H groups in total. The Morgan fingerprint density at radius 1 is 1.28 bits per heavy atom. The van der Waals surface area contributed by atoms with Gasteiger partial charge in [0.1, 0.15) is 0 Å². The Morgan fingerprint density at radius 3 is 2.61 bits per heavy atom. The molecule has 108 valence electrons. The van der Waals surface area contributed by atoms with E-state index in [1.807, 2.05) is 7.05 Å². The number of sulfonamides is 1. The monoisotopic (exact) mass is 276 g/mol.